The highest BCUT2D eigenvalue weighted by atomic mass is 35.5. The van der Waals surface area contributed by atoms with Gasteiger partial charge in [-0.25, -0.2) is 0 Å². The lowest BCUT2D eigenvalue weighted by Gasteiger charge is -2.12. The lowest BCUT2D eigenvalue weighted by atomic mass is 10.1. The third-order valence-electron chi connectivity index (χ3n) is 3.07. The van der Waals surface area contributed by atoms with Crippen LogP contribution in [0, 0.1) is 17.3 Å². The maximum atomic E-state index is 12.6. The quantitative estimate of drug-likeness (QED) is 0.577. The first kappa shape index (κ1) is 14.4. The lowest BCUT2D eigenvalue weighted by Crippen LogP contribution is -2.15. The summed E-state index contributed by atoms with van der Waals surface area (Å²) in [6.45, 7) is 4.82. The summed E-state index contributed by atoms with van der Waals surface area (Å²) in [5, 5.41) is -0.603. The Balaban J connectivity index is 2.91. The van der Waals surface area contributed by atoms with Crippen molar-refractivity contribution in [1.82, 2.24) is 0 Å². The van der Waals surface area contributed by atoms with Crippen molar-refractivity contribution < 1.29 is 22.7 Å². The molecular weight excluding hydrogens is 257 g/mol. The summed E-state index contributed by atoms with van der Waals surface area (Å²) < 4.78 is 42.3. The van der Waals surface area contributed by atoms with Crippen molar-refractivity contribution >= 4 is 16.8 Å². The fourth-order valence-corrected chi connectivity index (χ4v) is 2.38. The van der Waals surface area contributed by atoms with Crippen LogP contribution in [-0.2, 0) is 9.53 Å². The van der Waals surface area contributed by atoms with Gasteiger partial charge in [0.15, 0.2) is 5.76 Å². The van der Waals surface area contributed by atoms with Crippen LogP contribution < -0.4 is 0 Å². The number of allylic oxidation sites excluding steroid dienone is 2. The molecule has 0 aromatic heterocycles. The van der Waals surface area contributed by atoms with Crippen molar-refractivity contribution in [2.45, 2.75) is 26.9 Å². The first-order valence-electron chi connectivity index (χ1n) is 5.23. The van der Waals surface area contributed by atoms with Crippen molar-refractivity contribution in [2.24, 2.45) is 17.3 Å². The second kappa shape index (κ2) is 4.52. The van der Waals surface area contributed by atoms with Gasteiger partial charge in [-0.1, -0.05) is 13.8 Å². The Morgan fingerprint density at radius 3 is 2.29 bits per heavy atom. The molecule has 1 aliphatic carbocycles. The molecule has 1 fully saturated rings. The minimum Gasteiger partial charge on any atom is -0.489 e. The second-order valence-corrected chi connectivity index (χ2v) is 4.96. The van der Waals surface area contributed by atoms with Crippen LogP contribution in [-0.4, -0.2) is 18.0 Å². The van der Waals surface area contributed by atoms with E-state index in [0.29, 0.717) is 0 Å². The summed E-state index contributed by atoms with van der Waals surface area (Å²) in [5.41, 5.74) is -0.535. The Morgan fingerprint density at radius 1 is 1.47 bits per heavy atom. The van der Waals surface area contributed by atoms with Gasteiger partial charge in [-0.15, -0.1) is 0 Å². The molecule has 1 saturated carbocycles. The number of rotatable bonds is 4. The smallest absolute Gasteiger partial charge is 0.448 e. The molecule has 17 heavy (non-hydrogen) atoms. The zero-order valence-electron chi connectivity index (χ0n) is 9.77. The summed E-state index contributed by atoms with van der Waals surface area (Å²) in [6, 6.07) is 0. The predicted octanol–water partition coefficient (Wildman–Crippen LogP) is 3.51. The van der Waals surface area contributed by atoms with Crippen LogP contribution in [0.1, 0.15) is 20.8 Å². The number of ether oxygens (including phenoxy) is 1. The standard InChI is InChI=1S/C11H14ClF3O2/c1-4-17-7(11(13,14)15)5-6-8(9(12)16)10(6,2)3/h5-6,8H,4H2,1-3H3/b7-5+. The van der Waals surface area contributed by atoms with Gasteiger partial charge in [0.05, 0.1) is 6.61 Å². The van der Waals surface area contributed by atoms with Crippen molar-refractivity contribution in [3.63, 3.8) is 0 Å². The van der Waals surface area contributed by atoms with Crippen molar-refractivity contribution in [3.05, 3.63) is 11.8 Å². The summed E-state index contributed by atoms with van der Waals surface area (Å²) in [5.74, 6) is -2.13. The van der Waals surface area contributed by atoms with Crippen LogP contribution >= 0.6 is 11.6 Å². The van der Waals surface area contributed by atoms with E-state index in [1.165, 1.54) is 6.92 Å². The number of carbonyl (C=O) groups is 1. The summed E-state index contributed by atoms with van der Waals surface area (Å²) >= 11 is 5.34. The minimum atomic E-state index is -4.53. The van der Waals surface area contributed by atoms with Crippen LogP contribution in [0.3, 0.4) is 0 Å². The Bertz CT molecular complexity index is 347. The largest absolute Gasteiger partial charge is 0.489 e. The Labute approximate surface area is 103 Å². The molecule has 2 unspecified atom stereocenters. The second-order valence-electron chi connectivity index (χ2n) is 4.59. The molecule has 1 aliphatic rings. The highest BCUT2D eigenvalue weighted by Gasteiger charge is 2.61. The van der Waals surface area contributed by atoms with Gasteiger partial charge in [0.25, 0.3) is 0 Å². The highest BCUT2D eigenvalue weighted by Crippen LogP contribution is 2.60. The molecular formula is C11H14ClF3O2. The van der Waals surface area contributed by atoms with Crippen molar-refractivity contribution in [2.75, 3.05) is 6.61 Å². The van der Waals surface area contributed by atoms with Gasteiger partial charge < -0.3 is 4.74 Å². The minimum absolute atomic E-state index is 0.0714. The average molecular weight is 271 g/mol. The van der Waals surface area contributed by atoms with Crippen molar-refractivity contribution in [3.8, 4) is 0 Å². The van der Waals surface area contributed by atoms with E-state index in [4.69, 9.17) is 11.6 Å². The van der Waals surface area contributed by atoms with E-state index in [1.54, 1.807) is 13.8 Å². The first-order valence-corrected chi connectivity index (χ1v) is 5.61. The molecule has 0 aromatic rings. The number of carbonyl (C=O) groups excluding carboxylic acids is 1. The topological polar surface area (TPSA) is 26.3 Å². The van der Waals surface area contributed by atoms with E-state index < -0.39 is 34.4 Å². The van der Waals surface area contributed by atoms with Gasteiger partial charge in [0.2, 0.25) is 5.24 Å². The predicted molar refractivity (Wildman–Crippen MR) is 57.4 cm³/mol. The SMILES string of the molecule is CCO/C(=C/C1C(C(=O)Cl)C1(C)C)C(F)(F)F. The zero-order valence-corrected chi connectivity index (χ0v) is 10.5. The van der Waals surface area contributed by atoms with Crippen LogP contribution in [0.25, 0.3) is 0 Å². The van der Waals surface area contributed by atoms with Gasteiger partial charge >= 0.3 is 6.18 Å². The third kappa shape index (κ3) is 2.94. The van der Waals surface area contributed by atoms with Gasteiger partial charge in [0, 0.05) is 5.92 Å². The molecule has 2 atom stereocenters. The zero-order chi connectivity index (χ0) is 13.4. The van der Waals surface area contributed by atoms with E-state index >= 15 is 0 Å². The molecule has 6 heteroatoms. The van der Waals surface area contributed by atoms with E-state index in [0.717, 1.165) is 6.08 Å². The fraction of sp³-hybridized carbons (Fsp3) is 0.727. The van der Waals surface area contributed by atoms with E-state index in [-0.39, 0.29) is 6.61 Å². The van der Waals surface area contributed by atoms with E-state index in [1.807, 2.05) is 0 Å². The Morgan fingerprint density at radius 2 is 2.00 bits per heavy atom. The third-order valence-corrected chi connectivity index (χ3v) is 3.30. The molecule has 0 N–H and O–H groups in total. The Hall–Kier alpha value is -0.710. The molecule has 98 valence electrons. The Kier molecular flexibility index (Phi) is 3.81. The summed E-state index contributed by atoms with van der Waals surface area (Å²) in [6.07, 6.45) is -3.57. The van der Waals surface area contributed by atoms with Gasteiger partial charge in [-0.05, 0) is 35.9 Å². The van der Waals surface area contributed by atoms with E-state index in [2.05, 4.69) is 4.74 Å². The molecule has 0 aromatic carbocycles. The molecule has 0 bridgehead atoms. The molecule has 1 rings (SSSR count). The van der Waals surface area contributed by atoms with Gasteiger partial charge in [-0.3, -0.25) is 4.79 Å². The molecule has 0 radical (unpaired) electrons. The first-order chi connectivity index (χ1) is 7.62. The summed E-state index contributed by atoms with van der Waals surface area (Å²) in [7, 11) is 0. The van der Waals surface area contributed by atoms with E-state index in [9.17, 15) is 18.0 Å². The average Bonchev–Trinajstić information content (AvgIpc) is 2.65. The lowest BCUT2D eigenvalue weighted by molar-refractivity contribution is -0.130. The molecule has 0 aliphatic heterocycles. The maximum absolute atomic E-state index is 12.6. The maximum Gasteiger partial charge on any atom is 0.448 e. The summed E-state index contributed by atoms with van der Waals surface area (Å²) in [4.78, 5) is 11.0. The van der Waals surface area contributed by atoms with Crippen molar-refractivity contribution in [1.29, 1.82) is 0 Å². The van der Waals surface area contributed by atoms with Crippen LogP contribution in [0.4, 0.5) is 13.2 Å². The number of hydrogen-bond acceptors (Lipinski definition) is 2. The molecule has 0 spiro atoms. The van der Waals surface area contributed by atoms with Crippen LogP contribution in [0.2, 0.25) is 0 Å². The number of halogens is 4. The number of hydrogen-bond donors (Lipinski definition) is 0. The fourth-order valence-electron chi connectivity index (χ4n) is 1.97. The normalized spacial score (nSPS) is 27.8. The van der Waals surface area contributed by atoms with Crippen LogP contribution in [0.15, 0.2) is 11.8 Å². The number of alkyl halides is 3. The highest BCUT2D eigenvalue weighted by molar-refractivity contribution is 6.64. The molecule has 0 amide bonds. The molecule has 2 nitrogen and oxygen atoms in total. The molecule has 0 heterocycles. The van der Waals surface area contributed by atoms with Gasteiger partial charge in [0.1, 0.15) is 0 Å². The van der Waals surface area contributed by atoms with Crippen LogP contribution in [0.5, 0.6) is 0 Å². The van der Waals surface area contributed by atoms with Gasteiger partial charge in [-0.2, -0.15) is 13.2 Å². The monoisotopic (exact) mass is 270 g/mol. The molecule has 0 saturated heterocycles.